The maximum atomic E-state index is 11.6. The van der Waals surface area contributed by atoms with Crippen LogP contribution in [-0.2, 0) is 19.1 Å². The van der Waals surface area contributed by atoms with Crippen molar-refractivity contribution in [3.63, 3.8) is 0 Å². The predicted octanol–water partition coefficient (Wildman–Crippen LogP) is 5.39. The number of fused-ring (bicyclic) bond motifs is 5. The van der Waals surface area contributed by atoms with Crippen LogP contribution in [0, 0.1) is 47.3 Å². The Hall–Kier alpha value is -1.06. The van der Waals surface area contributed by atoms with Gasteiger partial charge in [-0.1, -0.05) is 6.92 Å². The van der Waals surface area contributed by atoms with Crippen molar-refractivity contribution < 1.29 is 19.1 Å². The third-order valence-electron chi connectivity index (χ3n) is 9.38. The molecular weight excluding hydrogens is 364 g/mol. The van der Waals surface area contributed by atoms with Gasteiger partial charge in [0.05, 0.1) is 7.11 Å². The largest absolute Gasteiger partial charge is 0.469 e. The molecule has 0 amide bonds. The van der Waals surface area contributed by atoms with Crippen molar-refractivity contribution in [1.29, 1.82) is 0 Å². The van der Waals surface area contributed by atoms with Crippen LogP contribution in [0.3, 0.4) is 0 Å². The van der Waals surface area contributed by atoms with Gasteiger partial charge >= 0.3 is 11.9 Å². The predicted molar refractivity (Wildman–Crippen MR) is 112 cm³/mol. The summed E-state index contributed by atoms with van der Waals surface area (Å²) in [5.74, 6) is 6.58. The van der Waals surface area contributed by atoms with E-state index >= 15 is 0 Å². The van der Waals surface area contributed by atoms with E-state index in [1.807, 2.05) is 0 Å². The smallest absolute Gasteiger partial charge is 0.305 e. The molecular formula is C25H40O4. The van der Waals surface area contributed by atoms with Gasteiger partial charge in [0, 0.05) is 13.3 Å². The fourth-order valence-corrected chi connectivity index (χ4v) is 8.22. The van der Waals surface area contributed by atoms with E-state index in [1.165, 1.54) is 52.1 Å². The zero-order valence-electron chi connectivity index (χ0n) is 18.6. The highest BCUT2D eigenvalue weighted by atomic mass is 16.5. The van der Waals surface area contributed by atoms with Gasteiger partial charge in [-0.15, -0.1) is 0 Å². The molecule has 164 valence electrons. The van der Waals surface area contributed by atoms with Gasteiger partial charge in [-0.25, -0.2) is 0 Å². The van der Waals surface area contributed by atoms with Gasteiger partial charge in [-0.3, -0.25) is 9.59 Å². The monoisotopic (exact) mass is 404 g/mol. The minimum absolute atomic E-state index is 0.0576. The van der Waals surface area contributed by atoms with Crippen molar-refractivity contribution in [1.82, 2.24) is 0 Å². The Morgan fingerprint density at radius 3 is 2.24 bits per heavy atom. The summed E-state index contributed by atoms with van der Waals surface area (Å²) in [6.45, 7) is 3.92. The molecule has 0 aromatic rings. The van der Waals surface area contributed by atoms with Gasteiger partial charge in [-0.2, -0.15) is 0 Å². The van der Waals surface area contributed by atoms with Gasteiger partial charge in [-0.05, 0) is 112 Å². The first kappa shape index (κ1) is 21.2. The molecule has 9 unspecified atom stereocenters. The van der Waals surface area contributed by atoms with E-state index in [9.17, 15) is 9.59 Å². The van der Waals surface area contributed by atoms with Crippen LogP contribution >= 0.6 is 0 Å². The van der Waals surface area contributed by atoms with Crippen molar-refractivity contribution in [3.8, 4) is 0 Å². The Balaban J connectivity index is 1.35. The molecule has 0 bridgehead atoms. The maximum absolute atomic E-state index is 11.6. The van der Waals surface area contributed by atoms with Gasteiger partial charge < -0.3 is 9.47 Å². The van der Waals surface area contributed by atoms with Crippen LogP contribution in [0.5, 0.6) is 0 Å². The number of hydrogen-bond donors (Lipinski definition) is 0. The molecule has 0 aromatic heterocycles. The molecule has 4 aliphatic carbocycles. The van der Waals surface area contributed by atoms with Gasteiger partial charge in [0.25, 0.3) is 0 Å². The van der Waals surface area contributed by atoms with Gasteiger partial charge in [0.15, 0.2) is 0 Å². The van der Waals surface area contributed by atoms with E-state index in [1.54, 1.807) is 6.92 Å². The molecule has 4 heteroatoms. The lowest BCUT2D eigenvalue weighted by Gasteiger charge is -2.53. The summed E-state index contributed by atoms with van der Waals surface area (Å²) in [5.41, 5.74) is 0. The van der Waals surface area contributed by atoms with Crippen molar-refractivity contribution in [2.75, 3.05) is 7.11 Å². The van der Waals surface area contributed by atoms with E-state index in [4.69, 9.17) is 9.47 Å². The van der Waals surface area contributed by atoms with Crippen molar-refractivity contribution >= 4 is 11.9 Å². The van der Waals surface area contributed by atoms with Crippen LogP contribution in [-0.4, -0.2) is 25.2 Å². The number of esters is 2. The summed E-state index contributed by atoms with van der Waals surface area (Å²) >= 11 is 0. The topological polar surface area (TPSA) is 52.6 Å². The second-order valence-corrected chi connectivity index (χ2v) is 10.6. The lowest BCUT2D eigenvalue weighted by atomic mass is 9.53. The van der Waals surface area contributed by atoms with Gasteiger partial charge in [0.2, 0.25) is 0 Å². The highest BCUT2D eigenvalue weighted by Gasteiger charge is 2.52. The third kappa shape index (κ3) is 4.37. The maximum Gasteiger partial charge on any atom is 0.305 e. The first-order valence-corrected chi connectivity index (χ1v) is 12.2. The Labute approximate surface area is 176 Å². The summed E-state index contributed by atoms with van der Waals surface area (Å²) in [7, 11) is 1.50. The third-order valence-corrected chi connectivity index (χ3v) is 9.38. The van der Waals surface area contributed by atoms with Crippen LogP contribution in [0.4, 0.5) is 0 Å². The molecule has 0 aromatic carbocycles. The van der Waals surface area contributed by atoms with E-state index in [0.29, 0.717) is 12.3 Å². The van der Waals surface area contributed by atoms with Crippen molar-refractivity contribution in [2.45, 2.75) is 90.6 Å². The number of ether oxygens (including phenoxy) is 2. The summed E-state index contributed by atoms with van der Waals surface area (Å²) < 4.78 is 10.4. The number of carbonyl (C=O) groups is 2. The molecule has 9 atom stereocenters. The minimum atomic E-state index is -0.110. The van der Waals surface area contributed by atoms with Crippen LogP contribution in [0.15, 0.2) is 0 Å². The zero-order valence-corrected chi connectivity index (χ0v) is 18.6. The normalized spacial score (nSPS) is 42.2. The van der Waals surface area contributed by atoms with Crippen LogP contribution in [0.25, 0.3) is 0 Å². The second kappa shape index (κ2) is 8.98. The standard InChI is InChI=1S/C25H40O4/c1-15(4-13-25(27)28-3)19-9-10-24-21(19)11-12-22-20-8-6-18(29-16(2)26)14-17(20)5-7-23(22)24/h15,17-24H,4-14H2,1-3H3. The fourth-order valence-electron chi connectivity index (χ4n) is 8.22. The van der Waals surface area contributed by atoms with Crippen LogP contribution in [0.2, 0.25) is 0 Å². The molecule has 4 nitrogen and oxygen atoms in total. The number of hydrogen-bond acceptors (Lipinski definition) is 4. The first-order chi connectivity index (χ1) is 14.0. The van der Waals surface area contributed by atoms with Crippen LogP contribution < -0.4 is 0 Å². The van der Waals surface area contributed by atoms with Crippen molar-refractivity contribution in [3.05, 3.63) is 0 Å². The molecule has 4 rings (SSSR count). The average Bonchev–Trinajstić information content (AvgIpc) is 3.15. The fraction of sp³-hybridized carbons (Fsp3) is 0.920. The number of carbonyl (C=O) groups excluding carboxylic acids is 2. The second-order valence-electron chi connectivity index (χ2n) is 10.6. The molecule has 0 spiro atoms. The SMILES string of the molecule is COC(=O)CCC(C)C1CCC2C1CCC1C3CCC(OC(C)=O)CC3CCC12. The van der Waals surface area contributed by atoms with E-state index in [2.05, 4.69) is 6.92 Å². The van der Waals surface area contributed by atoms with E-state index < -0.39 is 0 Å². The minimum Gasteiger partial charge on any atom is -0.469 e. The molecule has 4 saturated carbocycles. The summed E-state index contributed by atoms with van der Waals surface area (Å²) in [5, 5.41) is 0. The van der Waals surface area contributed by atoms with Gasteiger partial charge in [0.1, 0.15) is 6.10 Å². The van der Waals surface area contributed by atoms with E-state index in [-0.39, 0.29) is 18.0 Å². The van der Waals surface area contributed by atoms with Crippen LogP contribution in [0.1, 0.15) is 84.5 Å². The van der Waals surface area contributed by atoms with Crippen molar-refractivity contribution in [2.24, 2.45) is 47.3 Å². The Bertz CT molecular complexity index is 602. The quantitative estimate of drug-likeness (QED) is 0.577. The molecule has 0 radical (unpaired) electrons. The summed E-state index contributed by atoms with van der Waals surface area (Å²) in [6.07, 6.45) is 13.5. The molecule has 0 saturated heterocycles. The number of rotatable bonds is 5. The summed E-state index contributed by atoms with van der Waals surface area (Å²) in [6, 6.07) is 0. The lowest BCUT2D eigenvalue weighted by Crippen LogP contribution is -2.46. The highest BCUT2D eigenvalue weighted by molar-refractivity contribution is 5.69. The molecule has 0 heterocycles. The molecule has 0 aliphatic heterocycles. The lowest BCUT2D eigenvalue weighted by molar-refractivity contribution is -0.151. The average molecular weight is 405 g/mol. The Morgan fingerprint density at radius 1 is 0.862 bits per heavy atom. The zero-order chi connectivity index (χ0) is 20.5. The Morgan fingerprint density at radius 2 is 1.48 bits per heavy atom. The first-order valence-electron chi connectivity index (χ1n) is 12.2. The number of methoxy groups -OCH3 is 1. The molecule has 29 heavy (non-hydrogen) atoms. The highest BCUT2D eigenvalue weighted by Crippen LogP contribution is 2.60. The molecule has 0 N–H and O–H groups in total. The van der Waals surface area contributed by atoms with E-state index in [0.717, 1.165) is 60.7 Å². The Kier molecular flexibility index (Phi) is 6.56. The molecule has 4 fully saturated rings. The molecule has 4 aliphatic rings. The summed E-state index contributed by atoms with van der Waals surface area (Å²) in [4.78, 5) is 22.9.